The van der Waals surface area contributed by atoms with Gasteiger partial charge in [0.1, 0.15) is 30.7 Å². The zero-order valence-corrected chi connectivity index (χ0v) is 20.8. The molecule has 2 aromatic rings. The van der Waals surface area contributed by atoms with Crippen molar-refractivity contribution < 1.29 is 48.6 Å². The van der Waals surface area contributed by atoms with E-state index >= 15 is 0 Å². The van der Waals surface area contributed by atoms with Crippen molar-refractivity contribution >= 4 is 6.16 Å². The third-order valence-corrected chi connectivity index (χ3v) is 5.92. The first kappa shape index (κ1) is 27.8. The molecule has 1 aliphatic heterocycles. The molecule has 0 unspecified atom stereocenters. The van der Waals surface area contributed by atoms with Gasteiger partial charge in [0.15, 0.2) is 6.10 Å². The Labute approximate surface area is 208 Å². The number of carbonyl (C=O) groups excluding carboxylic acids is 1. The topological polar surface area (TPSA) is 153 Å². The van der Waals surface area contributed by atoms with E-state index in [4.69, 9.17) is 14.2 Å². The van der Waals surface area contributed by atoms with E-state index in [0.717, 1.165) is 5.56 Å². The normalized spacial score (nSPS) is 26.2. The van der Waals surface area contributed by atoms with Crippen LogP contribution in [0.1, 0.15) is 49.2 Å². The van der Waals surface area contributed by atoms with Crippen LogP contribution in [-0.2, 0) is 20.6 Å². The van der Waals surface area contributed by atoms with Gasteiger partial charge in [0, 0.05) is 23.7 Å². The van der Waals surface area contributed by atoms with Gasteiger partial charge in [0.25, 0.3) is 0 Å². The van der Waals surface area contributed by atoms with Crippen LogP contribution in [0.2, 0.25) is 0 Å². The predicted octanol–water partition coefficient (Wildman–Crippen LogP) is 1.49. The minimum atomic E-state index is -2.88. The van der Waals surface area contributed by atoms with Crippen LogP contribution in [0, 0.1) is 19.7 Å². The molecule has 1 fully saturated rings. The summed E-state index contributed by atoms with van der Waals surface area (Å²) in [6.45, 7) is 8.24. The molecular weight excluding hydrogens is 479 g/mol. The fourth-order valence-electron chi connectivity index (χ4n) is 3.94. The number of aliphatic hydroxyl groups is 4. The van der Waals surface area contributed by atoms with Crippen LogP contribution in [-0.4, -0.2) is 80.0 Å². The molecule has 200 valence electrons. The van der Waals surface area contributed by atoms with Crippen molar-refractivity contribution in [2.75, 3.05) is 13.2 Å². The Kier molecular flexibility index (Phi) is 8.57. The number of aromatic nitrogens is 2. The summed E-state index contributed by atoms with van der Waals surface area (Å²) in [4.78, 5) is 11.5. The highest BCUT2D eigenvalue weighted by Crippen LogP contribution is 2.35. The van der Waals surface area contributed by atoms with Gasteiger partial charge in [0.2, 0.25) is 5.88 Å². The Bertz CT molecular complexity index is 1080. The zero-order valence-electron chi connectivity index (χ0n) is 20.8. The monoisotopic (exact) mass is 512 g/mol. The molecule has 0 aliphatic carbocycles. The Balaban J connectivity index is 1.93. The first-order chi connectivity index (χ1) is 16.9. The molecular formula is C24H33FN2O9. The number of hydrogen-bond donors (Lipinski definition) is 4. The number of hydrogen-bond acceptors (Lipinski definition) is 10. The lowest BCUT2D eigenvalue weighted by Gasteiger charge is -2.44. The van der Waals surface area contributed by atoms with Crippen molar-refractivity contribution in [2.45, 2.75) is 77.5 Å². The standard InChI is InChI=1S/C24H33FN2O9/c1-6-33-23(31)34-11-18-19(28)20(29)21(30)24(32,35-18)36-22-16(14(5)27(26-22)12(2)3)10-15-8-7-13(4)9-17(15)25/h7-9,12,18-21,28-30,32H,6,10-11H2,1-5H3/t18-,19-,20+,21-,24-/m1/s1. The van der Waals surface area contributed by atoms with Crippen molar-refractivity contribution in [3.63, 3.8) is 0 Å². The molecule has 1 saturated heterocycles. The minimum absolute atomic E-state index is 0.0452. The van der Waals surface area contributed by atoms with Crippen LogP contribution in [0.5, 0.6) is 5.88 Å². The zero-order chi connectivity index (χ0) is 26.8. The number of aryl methyl sites for hydroxylation is 1. The van der Waals surface area contributed by atoms with E-state index in [9.17, 15) is 29.6 Å². The molecule has 1 aliphatic rings. The molecule has 0 spiro atoms. The first-order valence-corrected chi connectivity index (χ1v) is 11.6. The minimum Gasteiger partial charge on any atom is -0.435 e. The molecule has 11 nitrogen and oxygen atoms in total. The molecule has 12 heteroatoms. The maximum atomic E-state index is 14.6. The summed E-state index contributed by atoms with van der Waals surface area (Å²) in [5.74, 6) is -3.48. The average Bonchev–Trinajstić information content (AvgIpc) is 3.11. The van der Waals surface area contributed by atoms with Gasteiger partial charge in [-0.1, -0.05) is 12.1 Å². The maximum Gasteiger partial charge on any atom is 0.508 e. The van der Waals surface area contributed by atoms with E-state index < -0.39 is 49.0 Å². The Hall–Kier alpha value is -2.77. The molecule has 0 saturated carbocycles. The van der Waals surface area contributed by atoms with Crippen LogP contribution in [0.4, 0.5) is 9.18 Å². The van der Waals surface area contributed by atoms with E-state index in [2.05, 4.69) is 9.84 Å². The molecule has 4 N–H and O–H groups in total. The summed E-state index contributed by atoms with van der Waals surface area (Å²) in [5.41, 5.74) is 2.14. The van der Waals surface area contributed by atoms with Gasteiger partial charge in [-0.25, -0.2) is 9.18 Å². The van der Waals surface area contributed by atoms with Gasteiger partial charge in [-0.2, -0.15) is 0 Å². The summed E-state index contributed by atoms with van der Waals surface area (Å²) >= 11 is 0. The molecule has 2 heterocycles. The van der Waals surface area contributed by atoms with Crippen molar-refractivity contribution in [2.24, 2.45) is 0 Å². The quantitative estimate of drug-likeness (QED) is 0.302. The fourth-order valence-corrected chi connectivity index (χ4v) is 3.94. The van der Waals surface area contributed by atoms with E-state index in [1.54, 1.807) is 37.6 Å². The third kappa shape index (κ3) is 5.79. The highest BCUT2D eigenvalue weighted by molar-refractivity contribution is 5.59. The molecule has 0 bridgehead atoms. The lowest BCUT2D eigenvalue weighted by Crippen LogP contribution is -2.67. The lowest BCUT2D eigenvalue weighted by atomic mass is 9.97. The van der Waals surface area contributed by atoms with Crippen LogP contribution in [0.15, 0.2) is 18.2 Å². The van der Waals surface area contributed by atoms with Crippen molar-refractivity contribution in [1.29, 1.82) is 0 Å². The second-order valence-electron chi connectivity index (χ2n) is 8.99. The number of carbonyl (C=O) groups is 1. The maximum absolute atomic E-state index is 14.6. The van der Waals surface area contributed by atoms with Gasteiger partial charge >= 0.3 is 12.1 Å². The SMILES string of the molecule is CCOC(=O)OC[C@H]1O[C@@](O)(Oc2nn(C(C)C)c(C)c2Cc2ccc(C)cc2F)[C@H](O)[C@@H](O)[C@@H]1O. The highest BCUT2D eigenvalue weighted by Gasteiger charge is 2.56. The smallest absolute Gasteiger partial charge is 0.435 e. The largest absolute Gasteiger partial charge is 0.508 e. The van der Waals surface area contributed by atoms with Gasteiger partial charge in [-0.05, 0) is 51.8 Å². The molecule has 0 radical (unpaired) electrons. The van der Waals surface area contributed by atoms with Gasteiger partial charge in [-0.3, -0.25) is 4.68 Å². The van der Waals surface area contributed by atoms with Gasteiger partial charge in [-0.15, -0.1) is 5.10 Å². The number of halogens is 1. The van der Waals surface area contributed by atoms with Crippen LogP contribution >= 0.6 is 0 Å². The summed E-state index contributed by atoms with van der Waals surface area (Å²) in [6.07, 6.45) is -8.26. The number of ether oxygens (including phenoxy) is 4. The Morgan fingerprint density at radius 2 is 1.92 bits per heavy atom. The molecule has 5 atom stereocenters. The lowest BCUT2D eigenvalue weighted by molar-refractivity contribution is -0.423. The van der Waals surface area contributed by atoms with E-state index in [0.29, 0.717) is 16.8 Å². The van der Waals surface area contributed by atoms with Gasteiger partial charge < -0.3 is 39.4 Å². The van der Waals surface area contributed by atoms with Crippen molar-refractivity contribution in [1.82, 2.24) is 9.78 Å². The number of nitrogens with zero attached hydrogens (tertiary/aromatic N) is 2. The fraction of sp³-hybridized carbons (Fsp3) is 0.583. The highest BCUT2D eigenvalue weighted by atomic mass is 19.1. The van der Waals surface area contributed by atoms with Crippen LogP contribution in [0.25, 0.3) is 0 Å². The van der Waals surface area contributed by atoms with Crippen molar-refractivity contribution in [3.05, 3.63) is 46.4 Å². The molecule has 1 aromatic carbocycles. The predicted molar refractivity (Wildman–Crippen MR) is 123 cm³/mol. The average molecular weight is 513 g/mol. The van der Waals surface area contributed by atoms with E-state index in [1.807, 2.05) is 13.8 Å². The molecule has 1 aromatic heterocycles. The number of aliphatic hydroxyl groups excluding tert-OH is 3. The van der Waals surface area contributed by atoms with Crippen molar-refractivity contribution in [3.8, 4) is 5.88 Å². The molecule has 3 rings (SSSR count). The second kappa shape index (κ2) is 11.1. The summed E-state index contributed by atoms with van der Waals surface area (Å²) < 4.78 is 36.7. The van der Waals surface area contributed by atoms with Crippen LogP contribution < -0.4 is 4.74 Å². The third-order valence-electron chi connectivity index (χ3n) is 5.92. The number of rotatable bonds is 8. The second-order valence-corrected chi connectivity index (χ2v) is 8.99. The summed E-state index contributed by atoms with van der Waals surface area (Å²) in [5, 5.41) is 46.6. The van der Waals surface area contributed by atoms with E-state index in [-0.39, 0.29) is 24.9 Å². The molecule has 36 heavy (non-hydrogen) atoms. The summed E-state index contributed by atoms with van der Waals surface area (Å²) in [6, 6.07) is 4.65. The Morgan fingerprint density at radius 1 is 1.22 bits per heavy atom. The van der Waals surface area contributed by atoms with Gasteiger partial charge in [0.05, 0.1) is 6.61 Å². The first-order valence-electron chi connectivity index (χ1n) is 11.6. The van der Waals surface area contributed by atoms with Crippen LogP contribution in [0.3, 0.4) is 0 Å². The number of benzene rings is 1. The molecule has 0 amide bonds. The van der Waals surface area contributed by atoms with E-state index in [1.165, 1.54) is 6.07 Å². The summed E-state index contributed by atoms with van der Waals surface area (Å²) in [7, 11) is 0. The Morgan fingerprint density at radius 3 is 2.53 bits per heavy atom.